The van der Waals surface area contributed by atoms with E-state index < -0.39 is 16.6 Å². The largest absolute Gasteiger partial charge is 0.404 e. The molecule has 7 nitrogen and oxygen atoms in total. The van der Waals surface area contributed by atoms with Gasteiger partial charge in [0.05, 0.1) is 25.0 Å². The maximum Gasteiger partial charge on any atom is 0.261 e. The van der Waals surface area contributed by atoms with E-state index in [0.717, 1.165) is 25.9 Å². The lowest BCUT2D eigenvalue weighted by Gasteiger charge is -2.44. The zero-order valence-electron chi connectivity index (χ0n) is 34.5. The van der Waals surface area contributed by atoms with Gasteiger partial charge in [0, 0.05) is 13.1 Å². The molecule has 55 heavy (non-hydrogen) atoms. The molecule has 0 saturated carbocycles. The number of benzene rings is 4. The molecular weight excluding hydrogens is 715 g/mol. The highest BCUT2D eigenvalue weighted by Crippen LogP contribution is 2.39. The van der Waals surface area contributed by atoms with Crippen LogP contribution in [0.5, 0.6) is 0 Å². The lowest BCUT2D eigenvalue weighted by molar-refractivity contribution is -0.123. The second kappa shape index (κ2) is 20.3. The van der Waals surface area contributed by atoms with Crippen LogP contribution in [-0.4, -0.2) is 66.8 Å². The summed E-state index contributed by atoms with van der Waals surface area (Å²) >= 11 is 0. The van der Waals surface area contributed by atoms with Crippen LogP contribution in [0.1, 0.15) is 81.1 Å². The molecule has 0 saturated heterocycles. The summed E-state index contributed by atoms with van der Waals surface area (Å²) in [5.74, 6) is 0.00240. The van der Waals surface area contributed by atoms with Crippen molar-refractivity contribution in [3.05, 3.63) is 121 Å². The monoisotopic (exact) mass is 779 g/mol. The maximum absolute atomic E-state index is 13.0. The Balaban J connectivity index is 1.17. The minimum absolute atomic E-state index is 0.00120. The molecule has 0 bridgehead atoms. The van der Waals surface area contributed by atoms with Crippen molar-refractivity contribution in [3.63, 3.8) is 0 Å². The van der Waals surface area contributed by atoms with Gasteiger partial charge in [0.1, 0.15) is 0 Å². The Hall–Kier alpha value is -3.87. The van der Waals surface area contributed by atoms with Crippen LogP contribution in [0.4, 0.5) is 0 Å². The Morgan fingerprint density at radius 3 is 1.02 bits per heavy atom. The lowest BCUT2D eigenvalue weighted by Crippen LogP contribution is -2.67. The number of amides is 2. The van der Waals surface area contributed by atoms with Crippen molar-refractivity contribution >= 4 is 49.2 Å². The predicted molar refractivity (Wildman–Crippen MR) is 234 cm³/mol. The second-order valence-electron chi connectivity index (χ2n) is 16.7. The van der Waals surface area contributed by atoms with Gasteiger partial charge < -0.3 is 24.8 Å². The highest BCUT2D eigenvalue weighted by atomic mass is 28.4. The maximum atomic E-state index is 13.0. The van der Waals surface area contributed by atoms with Crippen molar-refractivity contribution in [1.82, 2.24) is 16.0 Å². The molecule has 0 radical (unpaired) electrons. The van der Waals surface area contributed by atoms with E-state index >= 15 is 0 Å². The summed E-state index contributed by atoms with van der Waals surface area (Å²) < 4.78 is 14.1. The van der Waals surface area contributed by atoms with Crippen molar-refractivity contribution in [3.8, 4) is 0 Å². The lowest BCUT2D eigenvalue weighted by atomic mass is 10.2. The molecule has 0 aliphatic carbocycles. The Labute approximate surface area is 333 Å². The predicted octanol–water partition coefficient (Wildman–Crippen LogP) is 6.30. The van der Waals surface area contributed by atoms with E-state index in [0.29, 0.717) is 25.9 Å². The van der Waals surface area contributed by atoms with E-state index in [1.807, 2.05) is 38.1 Å². The molecule has 0 aromatic heterocycles. The molecule has 2 unspecified atom stereocenters. The van der Waals surface area contributed by atoms with Crippen LogP contribution in [0.15, 0.2) is 121 Å². The topological polar surface area (TPSA) is 88.7 Å². The number of nitrogens with one attached hydrogen (secondary N) is 3. The SMILES string of the molecule is CC(CC(=O)NCCCNCCCNC(=O)CC(C)O[Si](c1ccccc1)(c1ccccc1)C(C)(C)C)O[Si](c1ccccc1)(c1ccccc1)C(C)(C)C. The molecule has 0 spiro atoms. The first-order valence-electron chi connectivity index (χ1n) is 20.0. The summed E-state index contributed by atoms with van der Waals surface area (Å²) in [6.07, 6.45) is 1.76. The van der Waals surface area contributed by atoms with E-state index in [9.17, 15) is 9.59 Å². The third-order valence-electron chi connectivity index (χ3n) is 10.2. The van der Waals surface area contributed by atoms with Gasteiger partial charge in [0.15, 0.2) is 0 Å². The van der Waals surface area contributed by atoms with Crippen molar-refractivity contribution in [2.24, 2.45) is 0 Å². The normalized spacial score (nSPS) is 13.5. The summed E-state index contributed by atoms with van der Waals surface area (Å²) in [5, 5.41) is 14.2. The Bertz CT molecular complexity index is 1520. The second-order valence-corrected chi connectivity index (χ2v) is 25.3. The molecule has 4 aromatic rings. The van der Waals surface area contributed by atoms with E-state index in [1.165, 1.54) is 20.7 Å². The van der Waals surface area contributed by atoms with Crippen LogP contribution in [0.3, 0.4) is 0 Å². The van der Waals surface area contributed by atoms with E-state index in [1.54, 1.807) is 0 Å². The summed E-state index contributed by atoms with van der Waals surface area (Å²) in [5.41, 5.74) is 0. The third-order valence-corrected chi connectivity index (χ3v) is 20.6. The van der Waals surface area contributed by atoms with Gasteiger partial charge in [-0.25, -0.2) is 0 Å². The molecule has 0 heterocycles. The fourth-order valence-electron chi connectivity index (χ4n) is 7.74. The molecule has 2 atom stereocenters. The summed E-state index contributed by atoms with van der Waals surface area (Å²) in [6, 6.07) is 42.1. The Kier molecular flexibility index (Phi) is 16.2. The van der Waals surface area contributed by atoms with Crippen molar-refractivity contribution in [1.29, 1.82) is 0 Å². The summed E-state index contributed by atoms with van der Waals surface area (Å²) in [7, 11) is -5.44. The first-order valence-corrected chi connectivity index (χ1v) is 23.8. The summed E-state index contributed by atoms with van der Waals surface area (Å²) in [6.45, 7) is 20.3. The molecule has 0 aliphatic heterocycles. The van der Waals surface area contributed by atoms with Crippen LogP contribution in [-0.2, 0) is 18.4 Å². The number of carbonyl (C=O) groups is 2. The van der Waals surface area contributed by atoms with Crippen molar-refractivity contribution < 1.29 is 18.4 Å². The van der Waals surface area contributed by atoms with Gasteiger partial charge in [0.25, 0.3) is 16.6 Å². The molecule has 2 amide bonds. The van der Waals surface area contributed by atoms with Crippen LogP contribution in [0.25, 0.3) is 0 Å². The van der Waals surface area contributed by atoms with Crippen molar-refractivity contribution in [2.75, 3.05) is 26.2 Å². The van der Waals surface area contributed by atoms with Gasteiger partial charge >= 0.3 is 0 Å². The fraction of sp³-hybridized carbons (Fsp3) is 0.435. The first kappa shape index (κ1) is 43.9. The molecule has 0 fully saturated rings. The molecule has 3 N–H and O–H groups in total. The average molecular weight is 780 g/mol. The van der Waals surface area contributed by atoms with Gasteiger partial charge in [-0.15, -0.1) is 0 Å². The van der Waals surface area contributed by atoms with Crippen molar-refractivity contribution in [2.45, 2.75) is 103 Å². The van der Waals surface area contributed by atoms with Gasteiger partial charge in [-0.2, -0.15) is 0 Å². The zero-order valence-corrected chi connectivity index (χ0v) is 36.5. The standard InChI is InChI=1S/C46H65N3O4Si2/c1-37(52-54(45(3,4)5,39-23-13-9-14-24-39)40-25-15-10-16-26-40)35-43(50)48-33-21-31-47-32-22-34-49-44(51)36-38(2)53-55(46(6,7)8,41-27-17-11-18-28-41)42-29-19-12-20-30-42/h9-20,23-30,37-38,47H,21-22,31-36H2,1-8H3,(H,48,50)(H,49,51). The zero-order chi connectivity index (χ0) is 40.0. The molecule has 4 rings (SSSR count). The van der Waals surface area contributed by atoms with Crippen LogP contribution >= 0.6 is 0 Å². The van der Waals surface area contributed by atoms with Gasteiger partial charge in [-0.3, -0.25) is 9.59 Å². The molecule has 4 aromatic carbocycles. The number of rotatable bonds is 20. The number of hydrogen-bond donors (Lipinski definition) is 3. The van der Waals surface area contributed by atoms with E-state index in [2.05, 4.69) is 155 Å². The molecule has 9 heteroatoms. The number of carbonyl (C=O) groups excluding carboxylic acids is 2. The molecule has 0 aliphatic rings. The van der Waals surface area contributed by atoms with Crippen LogP contribution in [0.2, 0.25) is 10.1 Å². The molecule has 296 valence electrons. The van der Waals surface area contributed by atoms with E-state index in [4.69, 9.17) is 8.85 Å². The van der Waals surface area contributed by atoms with Gasteiger partial charge in [-0.05, 0) is 70.6 Å². The van der Waals surface area contributed by atoms with Crippen LogP contribution < -0.4 is 36.7 Å². The first-order chi connectivity index (χ1) is 26.2. The summed E-state index contributed by atoms with van der Waals surface area (Å²) in [4.78, 5) is 26.0. The van der Waals surface area contributed by atoms with Gasteiger partial charge in [0.2, 0.25) is 11.8 Å². The highest BCUT2D eigenvalue weighted by molar-refractivity contribution is 7.00. The quantitative estimate of drug-likeness (QED) is 0.0725. The Morgan fingerprint density at radius 2 is 0.764 bits per heavy atom. The molecular formula is C46H65N3O4Si2. The smallest absolute Gasteiger partial charge is 0.261 e. The third kappa shape index (κ3) is 11.6. The van der Waals surface area contributed by atoms with Crippen LogP contribution in [0, 0.1) is 0 Å². The average Bonchev–Trinajstić information content (AvgIpc) is 3.15. The van der Waals surface area contributed by atoms with E-state index in [-0.39, 0.29) is 34.1 Å². The fourth-order valence-corrected chi connectivity index (χ4v) is 17.1. The highest BCUT2D eigenvalue weighted by Gasteiger charge is 2.52. The number of hydrogen-bond acceptors (Lipinski definition) is 5. The Morgan fingerprint density at radius 1 is 0.491 bits per heavy atom. The minimum atomic E-state index is -2.72. The van der Waals surface area contributed by atoms with Gasteiger partial charge in [-0.1, -0.05) is 163 Å². The minimum Gasteiger partial charge on any atom is -0.404 e.